The molecule has 1 aliphatic heterocycles. The molecule has 6 heteroatoms. The van der Waals surface area contributed by atoms with Crippen LogP contribution >= 0.6 is 0 Å². The minimum atomic E-state index is -0.292. The van der Waals surface area contributed by atoms with Gasteiger partial charge in [0.05, 0.1) is 32.4 Å². The third kappa shape index (κ3) is 3.49. The van der Waals surface area contributed by atoms with E-state index in [2.05, 4.69) is 5.32 Å². The number of aliphatic hydroxyl groups excluding tert-OH is 1. The van der Waals surface area contributed by atoms with Crippen LogP contribution in [0.3, 0.4) is 0 Å². The van der Waals surface area contributed by atoms with E-state index in [0.29, 0.717) is 19.8 Å². The summed E-state index contributed by atoms with van der Waals surface area (Å²) in [6, 6.07) is -0.292. The van der Waals surface area contributed by atoms with E-state index in [1.165, 1.54) is 6.92 Å². The van der Waals surface area contributed by atoms with Crippen LogP contribution in [-0.4, -0.2) is 60.8 Å². The lowest BCUT2D eigenvalue weighted by Crippen LogP contribution is -2.53. The van der Waals surface area contributed by atoms with E-state index in [4.69, 9.17) is 9.84 Å². The molecule has 1 fully saturated rings. The molecular weight excluding hydrogens is 200 g/mol. The third-order valence-corrected chi connectivity index (χ3v) is 2.25. The molecule has 1 rings (SSSR count). The molecule has 2 amide bonds. The molecular formula is C9H16N2O4. The fraction of sp³-hybridized carbons (Fsp3) is 0.778. The number of hydrogen-bond acceptors (Lipinski definition) is 4. The summed E-state index contributed by atoms with van der Waals surface area (Å²) in [5.74, 6) is -0.426. The zero-order valence-corrected chi connectivity index (χ0v) is 8.73. The van der Waals surface area contributed by atoms with Gasteiger partial charge in [-0.2, -0.15) is 0 Å². The fourth-order valence-electron chi connectivity index (χ4n) is 1.44. The summed E-state index contributed by atoms with van der Waals surface area (Å²) in [7, 11) is 0. The first-order valence-electron chi connectivity index (χ1n) is 4.87. The SMILES string of the molecule is CC(=O)NCC(=O)N1CCOCC1CO. The van der Waals surface area contributed by atoms with Crippen molar-refractivity contribution in [2.24, 2.45) is 0 Å². The van der Waals surface area contributed by atoms with E-state index < -0.39 is 0 Å². The molecule has 1 atom stereocenters. The molecule has 0 spiro atoms. The molecule has 2 N–H and O–H groups in total. The number of carbonyl (C=O) groups is 2. The van der Waals surface area contributed by atoms with Gasteiger partial charge in [0.25, 0.3) is 0 Å². The van der Waals surface area contributed by atoms with Gasteiger partial charge in [-0.3, -0.25) is 9.59 Å². The van der Waals surface area contributed by atoms with Crippen molar-refractivity contribution in [1.82, 2.24) is 10.2 Å². The molecule has 1 unspecified atom stereocenters. The molecule has 0 saturated carbocycles. The normalized spacial score (nSPS) is 21.2. The lowest BCUT2D eigenvalue weighted by Gasteiger charge is -2.34. The van der Waals surface area contributed by atoms with Gasteiger partial charge in [0.1, 0.15) is 0 Å². The number of hydrogen-bond donors (Lipinski definition) is 2. The van der Waals surface area contributed by atoms with Crippen LogP contribution in [0.15, 0.2) is 0 Å². The van der Waals surface area contributed by atoms with E-state index in [1.807, 2.05) is 0 Å². The maximum absolute atomic E-state index is 11.6. The van der Waals surface area contributed by atoms with Crippen molar-refractivity contribution >= 4 is 11.8 Å². The summed E-state index contributed by atoms with van der Waals surface area (Å²) in [6.07, 6.45) is 0. The molecule has 0 aliphatic carbocycles. The van der Waals surface area contributed by atoms with Crippen molar-refractivity contribution < 1.29 is 19.4 Å². The zero-order chi connectivity index (χ0) is 11.3. The van der Waals surface area contributed by atoms with Crippen LogP contribution in [0.2, 0.25) is 0 Å². The number of aliphatic hydroxyl groups is 1. The summed E-state index contributed by atoms with van der Waals surface area (Å²) in [6.45, 7) is 2.50. The Balaban J connectivity index is 2.44. The Labute approximate surface area is 88.2 Å². The Bertz CT molecular complexity index is 244. The first-order valence-corrected chi connectivity index (χ1v) is 4.87. The van der Waals surface area contributed by atoms with Crippen LogP contribution in [0.25, 0.3) is 0 Å². The van der Waals surface area contributed by atoms with Gasteiger partial charge < -0.3 is 20.1 Å². The van der Waals surface area contributed by atoms with Crippen molar-refractivity contribution in [3.05, 3.63) is 0 Å². The van der Waals surface area contributed by atoms with E-state index in [-0.39, 0.29) is 31.0 Å². The minimum absolute atomic E-state index is 0.0220. The number of nitrogens with one attached hydrogen (secondary N) is 1. The summed E-state index contributed by atoms with van der Waals surface area (Å²) in [5, 5.41) is 11.5. The lowest BCUT2D eigenvalue weighted by molar-refractivity contribution is -0.141. The molecule has 0 radical (unpaired) electrons. The van der Waals surface area contributed by atoms with Gasteiger partial charge in [0, 0.05) is 13.5 Å². The van der Waals surface area contributed by atoms with Crippen LogP contribution in [-0.2, 0) is 14.3 Å². The fourth-order valence-corrected chi connectivity index (χ4v) is 1.44. The highest BCUT2D eigenvalue weighted by Gasteiger charge is 2.26. The summed E-state index contributed by atoms with van der Waals surface area (Å²) >= 11 is 0. The Morgan fingerprint density at radius 2 is 2.33 bits per heavy atom. The highest BCUT2D eigenvalue weighted by molar-refractivity contribution is 5.83. The standard InChI is InChI=1S/C9H16N2O4/c1-7(13)10-4-9(14)11-2-3-15-6-8(11)5-12/h8,12H,2-6H2,1H3,(H,10,13). The third-order valence-electron chi connectivity index (χ3n) is 2.25. The first kappa shape index (κ1) is 11.9. The lowest BCUT2D eigenvalue weighted by atomic mass is 10.2. The molecule has 0 bridgehead atoms. The number of carbonyl (C=O) groups excluding carboxylic acids is 2. The van der Waals surface area contributed by atoms with Crippen LogP contribution in [0.1, 0.15) is 6.92 Å². The zero-order valence-electron chi connectivity index (χ0n) is 8.73. The van der Waals surface area contributed by atoms with E-state index >= 15 is 0 Å². The second-order valence-electron chi connectivity index (χ2n) is 3.41. The second-order valence-corrected chi connectivity index (χ2v) is 3.41. The molecule has 1 saturated heterocycles. The van der Waals surface area contributed by atoms with Crippen molar-refractivity contribution in [2.75, 3.05) is 32.9 Å². The molecule has 0 aromatic rings. The van der Waals surface area contributed by atoms with Crippen molar-refractivity contribution in [3.8, 4) is 0 Å². The molecule has 1 aliphatic rings. The van der Waals surface area contributed by atoms with E-state index in [1.54, 1.807) is 4.90 Å². The predicted octanol–water partition coefficient (Wildman–Crippen LogP) is -1.66. The van der Waals surface area contributed by atoms with Crippen molar-refractivity contribution in [1.29, 1.82) is 0 Å². The Hall–Kier alpha value is -1.14. The Morgan fingerprint density at radius 3 is 2.93 bits per heavy atom. The number of ether oxygens (including phenoxy) is 1. The monoisotopic (exact) mass is 216 g/mol. The van der Waals surface area contributed by atoms with Gasteiger partial charge >= 0.3 is 0 Å². The van der Waals surface area contributed by atoms with Gasteiger partial charge in [-0.05, 0) is 0 Å². The first-order chi connectivity index (χ1) is 7.15. The van der Waals surface area contributed by atoms with Gasteiger partial charge in [-0.15, -0.1) is 0 Å². The summed E-state index contributed by atoms with van der Waals surface area (Å²) < 4.78 is 5.14. The number of nitrogens with zero attached hydrogens (tertiary/aromatic N) is 1. The van der Waals surface area contributed by atoms with E-state index in [9.17, 15) is 9.59 Å². The average Bonchev–Trinajstić information content (AvgIpc) is 2.25. The largest absolute Gasteiger partial charge is 0.394 e. The maximum atomic E-state index is 11.6. The summed E-state index contributed by atoms with van der Waals surface area (Å²) in [4.78, 5) is 23.8. The molecule has 86 valence electrons. The quantitative estimate of drug-likeness (QED) is 0.592. The molecule has 0 aromatic heterocycles. The highest BCUT2D eigenvalue weighted by Crippen LogP contribution is 2.06. The molecule has 6 nitrogen and oxygen atoms in total. The molecule has 15 heavy (non-hydrogen) atoms. The van der Waals surface area contributed by atoms with Crippen molar-refractivity contribution in [2.45, 2.75) is 13.0 Å². The van der Waals surface area contributed by atoms with Gasteiger partial charge in [0.15, 0.2) is 0 Å². The van der Waals surface area contributed by atoms with Gasteiger partial charge in [0.2, 0.25) is 11.8 Å². The summed E-state index contributed by atoms with van der Waals surface area (Å²) in [5.41, 5.74) is 0. The maximum Gasteiger partial charge on any atom is 0.242 e. The Kier molecular flexibility index (Phi) is 4.51. The predicted molar refractivity (Wildman–Crippen MR) is 52.1 cm³/mol. The average molecular weight is 216 g/mol. The van der Waals surface area contributed by atoms with Crippen molar-refractivity contribution in [3.63, 3.8) is 0 Å². The van der Waals surface area contributed by atoms with Crippen LogP contribution < -0.4 is 5.32 Å². The van der Waals surface area contributed by atoms with Crippen LogP contribution in [0, 0.1) is 0 Å². The van der Waals surface area contributed by atoms with E-state index in [0.717, 1.165) is 0 Å². The van der Waals surface area contributed by atoms with Crippen LogP contribution in [0.5, 0.6) is 0 Å². The topological polar surface area (TPSA) is 78.9 Å². The molecule has 1 heterocycles. The number of amides is 2. The van der Waals surface area contributed by atoms with Gasteiger partial charge in [-0.1, -0.05) is 0 Å². The number of morpholine rings is 1. The Morgan fingerprint density at radius 1 is 1.60 bits per heavy atom. The van der Waals surface area contributed by atoms with Gasteiger partial charge in [-0.25, -0.2) is 0 Å². The highest BCUT2D eigenvalue weighted by atomic mass is 16.5. The van der Waals surface area contributed by atoms with Crippen LogP contribution in [0.4, 0.5) is 0 Å². The second kappa shape index (κ2) is 5.67. The molecule has 0 aromatic carbocycles. The number of rotatable bonds is 3. The smallest absolute Gasteiger partial charge is 0.242 e. The minimum Gasteiger partial charge on any atom is -0.394 e.